The summed E-state index contributed by atoms with van der Waals surface area (Å²) in [7, 11) is 1.29. The van der Waals surface area contributed by atoms with Crippen LogP contribution in [0.25, 0.3) is 4.98 Å². The summed E-state index contributed by atoms with van der Waals surface area (Å²) < 4.78 is 4.49. The number of methoxy groups -OCH3 is 1. The molecule has 1 aromatic carbocycles. The van der Waals surface area contributed by atoms with Crippen LogP contribution in [0.5, 0.6) is 0 Å². The normalized spacial score (nSPS) is 9.21. The maximum Gasteiger partial charge on any atom is 0.407 e. The minimum Gasteiger partial charge on any atom is -0.469 e. The summed E-state index contributed by atoms with van der Waals surface area (Å²) in [5, 5.41) is 8.97. The lowest BCUT2D eigenvalue weighted by atomic mass is 10.1. The van der Waals surface area contributed by atoms with Gasteiger partial charge in [-0.05, 0) is 6.07 Å². The molecule has 0 heterocycles. The van der Waals surface area contributed by atoms with E-state index in [0.717, 1.165) is 0 Å². The highest BCUT2D eigenvalue weighted by Crippen LogP contribution is 2.29. The zero-order chi connectivity index (χ0) is 10.6. The highest BCUT2D eigenvalue weighted by atomic mass is 35.5. The van der Waals surface area contributed by atoms with Gasteiger partial charge in [0.2, 0.25) is 5.39 Å². The fourth-order valence-corrected chi connectivity index (χ4v) is 1.27. The van der Waals surface area contributed by atoms with Crippen LogP contribution in [0.3, 0.4) is 0 Å². The molecule has 0 aliphatic carbocycles. The molecule has 4 nitrogen and oxygen atoms in total. The van der Waals surface area contributed by atoms with Gasteiger partial charge in [-0.25, -0.2) is 0 Å². The molecule has 0 bridgehead atoms. The van der Waals surface area contributed by atoms with E-state index in [1.54, 1.807) is 18.2 Å². The van der Waals surface area contributed by atoms with Crippen molar-refractivity contribution in [3.05, 3.63) is 33.8 Å². The Kier molecular flexibility index (Phi) is 3.43. The highest BCUT2D eigenvalue weighted by Gasteiger charge is 2.20. The first-order valence-electron chi connectivity index (χ1n) is 3.88. The molecule has 0 saturated carbocycles. The summed E-state index contributed by atoms with van der Waals surface area (Å²) in [6.45, 7) is 0. The third kappa shape index (κ3) is 2.21. The maximum absolute atomic E-state index is 11.0. The quantitative estimate of drug-likeness (QED) is 0.558. The van der Waals surface area contributed by atoms with Crippen LogP contribution in [0.15, 0.2) is 18.2 Å². The summed E-state index contributed by atoms with van der Waals surface area (Å²) in [6.07, 6.45) is 0.0381. The lowest BCUT2D eigenvalue weighted by Gasteiger charge is -1.97. The van der Waals surface area contributed by atoms with Crippen molar-refractivity contribution < 1.29 is 9.53 Å². The van der Waals surface area contributed by atoms with Crippen molar-refractivity contribution in [3.63, 3.8) is 0 Å². The highest BCUT2D eigenvalue weighted by molar-refractivity contribution is 6.33. The largest absolute Gasteiger partial charge is 0.469 e. The molecule has 72 valence electrons. The molecule has 0 spiro atoms. The van der Waals surface area contributed by atoms with Crippen molar-refractivity contribution in [2.75, 3.05) is 7.11 Å². The number of nitrogens with zero attached hydrogens (tertiary/aromatic N) is 2. The van der Waals surface area contributed by atoms with Gasteiger partial charge in [-0.1, -0.05) is 23.7 Å². The summed E-state index contributed by atoms with van der Waals surface area (Å²) >= 11 is 5.75. The molecule has 0 aromatic heterocycles. The van der Waals surface area contributed by atoms with E-state index in [-0.39, 0.29) is 12.1 Å². The third-order valence-corrected chi connectivity index (χ3v) is 2.04. The van der Waals surface area contributed by atoms with Gasteiger partial charge in [0.15, 0.2) is 4.98 Å². The van der Waals surface area contributed by atoms with Crippen LogP contribution in [0.1, 0.15) is 5.56 Å². The minimum atomic E-state index is -0.405. The van der Waals surface area contributed by atoms with E-state index in [4.69, 9.17) is 17.0 Å². The van der Waals surface area contributed by atoms with E-state index in [9.17, 15) is 4.79 Å². The van der Waals surface area contributed by atoms with Crippen LogP contribution in [-0.4, -0.2) is 13.1 Å². The Bertz CT molecular complexity index is 398. The predicted molar refractivity (Wildman–Crippen MR) is 51.9 cm³/mol. The molecule has 0 aliphatic heterocycles. The van der Waals surface area contributed by atoms with Crippen molar-refractivity contribution >= 4 is 23.3 Å². The van der Waals surface area contributed by atoms with Crippen LogP contribution >= 0.6 is 11.6 Å². The van der Waals surface area contributed by atoms with E-state index >= 15 is 0 Å². The SMILES string of the molecule is COC(=O)Cc1cccc(Cl)c1[N+]#N. The van der Waals surface area contributed by atoms with Gasteiger partial charge in [-0.3, -0.25) is 4.79 Å². The molecule has 0 saturated heterocycles. The van der Waals surface area contributed by atoms with E-state index in [0.29, 0.717) is 10.6 Å². The van der Waals surface area contributed by atoms with Gasteiger partial charge in [0, 0.05) is 0 Å². The summed E-state index contributed by atoms with van der Waals surface area (Å²) in [5.41, 5.74) is 0.742. The average molecular weight is 212 g/mol. The minimum absolute atomic E-state index is 0.0381. The topological polar surface area (TPSA) is 54.5 Å². The fraction of sp³-hybridized carbons (Fsp3) is 0.222. The molecule has 5 heteroatoms. The maximum atomic E-state index is 11.0. The second-order valence-electron chi connectivity index (χ2n) is 2.60. The van der Waals surface area contributed by atoms with Gasteiger partial charge < -0.3 is 4.74 Å². The monoisotopic (exact) mass is 211 g/mol. The van der Waals surface area contributed by atoms with Crippen LogP contribution in [0.2, 0.25) is 5.02 Å². The van der Waals surface area contributed by atoms with Gasteiger partial charge in [0.1, 0.15) is 5.02 Å². The van der Waals surface area contributed by atoms with Crippen LogP contribution in [0.4, 0.5) is 5.69 Å². The molecule has 0 radical (unpaired) electrons. The van der Waals surface area contributed by atoms with Crippen molar-refractivity contribution in [2.24, 2.45) is 0 Å². The van der Waals surface area contributed by atoms with Crippen LogP contribution in [-0.2, 0) is 16.0 Å². The first-order valence-corrected chi connectivity index (χ1v) is 4.26. The number of halogens is 1. The van der Waals surface area contributed by atoms with E-state index in [1.807, 2.05) is 0 Å². The van der Waals surface area contributed by atoms with E-state index < -0.39 is 5.97 Å². The smallest absolute Gasteiger partial charge is 0.407 e. The number of carbonyl (C=O) groups is 1. The lowest BCUT2D eigenvalue weighted by Crippen LogP contribution is -2.04. The van der Waals surface area contributed by atoms with Crippen molar-refractivity contribution in [3.8, 4) is 0 Å². The number of ether oxygens (including phenoxy) is 1. The van der Waals surface area contributed by atoms with Crippen LogP contribution < -0.4 is 0 Å². The molecule has 0 atom stereocenters. The molecule has 0 fully saturated rings. The Balaban J connectivity index is 3.04. The molecule has 1 rings (SSSR count). The first kappa shape index (κ1) is 10.5. The number of esters is 1. The molecule has 0 unspecified atom stereocenters. The Labute approximate surface area is 86.1 Å². The first-order chi connectivity index (χ1) is 6.69. The Morgan fingerprint density at radius 3 is 2.93 bits per heavy atom. The summed E-state index contributed by atoms with van der Waals surface area (Å²) in [5.74, 6) is -0.405. The van der Waals surface area contributed by atoms with Gasteiger partial charge in [-0.15, -0.1) is 0 Å². The Hall–Kier alpha value is -1.60. The molecular weight excluding hydrogens is 204 g/mol. The summed E-state index contributed by atoms with van der Waals surface area (Å²) in [4.78, 5) is 14.0. The Morgan fingerprint density at radius 1 is 1.64 bits per heavy atom. The zero-order valence-corrected chi connectivity index (χ0v) is 8.28. The number of rotatable bonds is 2. The van der Waals surface area contributed by atoms with Crippen molar-refractivity contribution in [2.45, 2.75) is 6.42 Å². The van der Waals surface area contributed by atoms with E-state index in [1.165, 1.54) is 7.11 Å². The van der Waals surface area contributed by atoms with Crippen molar-refractivity contribution in [1.29, 1.82) is 5.39 Å². The van der Waals surface area contributed by atoms with Crippen molar-refractivity contribution in [1.82, 2.24) is 0 Å². The van der Waals surface area contributed by atoms with E-state index in [2.05, 4.69) is 9.71 Å². The van der Waals surface area contributed by atoms with Crippen LogP contribution in [0, 0.1) is 5.39 Å². The third-order valence-electron chi connectivity index (χ3n) is 1.73. The second-order valence-corrected chi connectivity index (χ2v) is 3.01. The number of benzene rings is 1. The number of hydrogen-bond acceptors (Lipinski definition) is 3. The Morgan fingerprint density at radius 2 is 2.36 bits per heavy atom. The predicted octanol–water partition coefficient (Wildman–Crippen LogP) is 2.54. The molecule has 0 aliphatic rings. The lowest BCUT2D eigenvalue weighted by molar-refractivity contribution is -0.139. The molecule has 0 N–H and O–H groups in total. The van der Waals surface area contributed by atoms with Gasteiger partial charge in [-0.2, -0.15) is 0 Å². The van der Waals surface area contributed by atoms with Gasteiger partial charge in [0.05, 0.1) is 19.1 Å². The van der Waals surface area contributed by atoms with Gasteiger partial charge in [0.25, 0.3) is 0 Å². The standard InChI is InChI=1S/C9H8ClN2O2/c1-14-8(13)5-6-3-2-4-7(10)9(6)12-11/h2-4H,5H2,1H3/q+1. The molecule has 0 amide bonds. The molecular formula is C9H8ClN2O2+. The molecule has 14 heavy (non-hydrogen) atoms. The van der Waals surface area contributed by atoms with Gasteiger partial charge >= 0.3 is 11.7 Å². The summed E-state index contributed by atoms with van der Waals surface area (Å²) in [6, 6.07) is 4.91. The second kappa shape index (κ2) is 4.58. The number of hydrogen-bond donors (Lipinski definition) is 0. The molecule has 1 aromatic rings. The average Bonchev–Trinajstić information content (AvgIpc) is 2.18. The number of carbonyl (C=O) groups excluding carboxylic acids is 1. The number of diazo groups is 1. The zero-order valence-electron chi connectivity index (χ0n) is 7.53. The fourth-order valence-electron chi connectivity index (χ4n) is 1.04.